The molecule has 1 fully saturated rings. The third-order valence-electron chi connectivity index (χ3n) is 4.27. The maximum Gasteiger partial charge on any atom is 0.251 e. The van der Waals surface area contributed by atoms with Crippen molar-refractivity contribution in [3.05, 3.63) is 23.3 Å². The predicted molar refractivity (Wildman–Crippen MR) is 91.2 cm³/mol. The van der Waals surface area contributed by atoms with Crippen molar-refractivity contribution in [2.75, 3.05) is 33.6 Å². The first-order valence-corrected chi connectivity index (χ1v) is 9.59. The van der Waals surface area contributed by atoms with Crippen LogP contribution in [-0.4, -0.2) is 58.2 Å². The van der Waals surface area contributed by atoms with Gasteiger partial charge in [-0.25, -0.2) is 12.7 Å². The van der Waals surface area contributed by atoms with Gasteiger partial charge in [0.25, 0.3) is 5.91 Å². The zero-order valence-electron chi connectivity index (χ0n) is 14.5. The maximum atomic E-state index is 12.5. The van der Waals surface area contributed by atoms with Gasteiger partial charge in [0.2, 0.25) is 10.0 Å². The number of ether oxygens (including phenoxy) is 2. The molecular weight excluding hydrogens is 332 g/mol. The highest BCUT2D eigenvalue weighted by atomic mass is 32.2. The van der Waals surface area contributed by atoms with Crippen molar-refractivity contribution >= 4 is 15.9 Å². The Hall–Kier alpha value is -1.80. The summed E-state index contributed by atoms with van der Waals surface area (Å²) in [5, 5.41) is 2.96. The van der Waals surface area contributed by atoms with Crippen LogP contribution in [0.5, 0.6) is 11.5 Å². The molecule has 0 bridgehead atoms. The third kappa shape index (κ3) is 4.18. The van der Waals surface area contributed by atoms with E-state index in [1.807, 2.05) is 6.92 Å². The second-order valence-electron chi connectivity index (χ2n) is 5.92. The van der Waals surface area contributed by atoms with Crippen molar-refractivity contribution in [3.63, 3.8) is 0 Å². The van der Waals surface area contributed by atoms with Crippen LogP contribution in [0.3, 0.4) is 0 Å². The molecule has 1 aliphatic rings. The molecule has 0 atom stereocenters. The highest BCUT2D eigenvalue weighted by Gasteiger charge is 2.26. The van der Waals surface area contributed by atoms with Gasteiger partial charge in [0.05, 0.1) is 20.5 Å². The summed E-state index contributed by atoms with van der Waals surface area (Å²) in [6.45, 7) is 2.70. The van der Waals surface area contributed by atoms with Crippen LogP contribution in [-0.2, 0) is 10.0 Å². The number of rotatable bonds is 5. The summed E-state index contributed by atoms with van der Waals surface area (Å²) in [4.78, 5) is 12.5. The van der Waals surface area contributed by atoms with Gasteiger partial charge in [-0.15, -0.1) is 0 Å². The van der Waals surface area contributed by atoms with Gasteiger partial charge < -0.3 is 14.8 Å². The van der Waals surface area contributed by atoms with Crippen LogP contribution in [0.25, 0.3) is 0 Å². The lowest BCUT2D eigenvalue weighted by molar-refractivity contribution is 0.0923. The fourth-order valence-electron chi connectivity index (χ4n) is 2.82. The summed E-state index contributed by atoms with van der Waals surface area (Å²) in [5.41, 5.74) is 1.29. The number of nitrogens with zero attached hydrogens (tertiary/aromatic N) is 1. The zero-order valence-corrected chi connectivity index (χ0v) is 15.3. The molecule has 24 heavy (non-hydrogen) atoms. The lowest BCUT2D eigenvalue weighted by Gasteiger charge is -2.30. The fourth-order valence-corrected chi connectivity index (χ4v) is 3.69. The number of nitrogens with one attached hydrogen (secondary N) is 1. The summed E-state index contributed by atoms with van der Waals surface area (Å²) >= 11 is 0. The molecule has 8 heteroatoms. The van der Waals surface area contributed by atoms with Crippen molar-refractivity contribution < 1.29 is 22.7 Å². The Bertz CT molecular complexity index is 684. The molecule has 0 spiro atoms. The van der Waals surface area contributed by atoms with Crippen molar-refractivity contribution in [2.24, 2.45) is 0 Å². The van der Waals surface area contributed by atoms with E-state index in [-0.39, 0.29) is 11.9 Å². The molecule has 0 unspecified atom stereocenters. The number of hydrogen-bond acceptors (Lipinski definition) is 5. The number of hydrogen-bond donors (Lipinski definition) is 1. The largest absolute Gasteiger partial charge is 0.496 e. The highest BCUT2D eigenvalue weighted by molar-refractivity contribution is 7.88. The number of methoxy groups -OCH3 is 2. The van der Waals surface area contributed by atoms with Crippen molar-refractivity contribution in [1.29, 1.82) is 0 Å². The summed E-state index contributed by atoms with van der Waals surface area (Å²) in [6, 6.07) is 3.31. The van der Waals surface area contributed by atoms with Gasteiger partial charge in [-0.3, -0.25) is 4.79 Å². The SMILES string of the molecule is COc1cc(C(=O)NC2CCN(S(C)(=O)=O)CC2)cc(OC)c1C. The summed E-state index contributed by atoms with van der Waals surface area (Å²) in [7, 11) is -0.0732. The first kappa shape index (κ1) is 18.5. The van der Waals surface area contributed by atoms with Gasteiger partial charge in [-0.05, 0) is 31.9 Å². The van der Waals surface area contributed by atoms with Gasteiger partial charge in [-0.1, -0.05) is 0 Å². The number of amides is 1. The zero-order chi connectivity index (χ0) is 17.9. The van der Waals surface area contributed by atoms with Crippen LogP contribution in [0.1, 0.15) is 28.8 Å². The molecule has 1 saturated heterocycles. The second-order valence-corrected chi connectivity index (χ2v) is 7.90. The normalized spacial score (nSPS) is 16.7. The van der Waals surface area contributed by atoms with Crippen LogP contribution in [0.15, 0.2) is 12.1 Å². The quantitative estimate of drug-likeness (QED) is 0.856. The Morgan fingerprint density at radius 2 is 1.67 bits per heavy atom. The van der Waals surface area contributed by atoms with E-state index in [0.717, 1.165) is 5.56 Å². The first-order chi connectivity index (χ1) is 11.3. The Morgan fingerprint density at radius 3 is 2.08 bits per heavy atom. The van der Waals surface area contributed by atoms with Crippen LogP contribution in [0.4, 0.5) is 0 Å². The molecule has 7 nitrogen and oxygen atoms in total. The first-order valence-electron chi connectivity index (χ1n) is 7.75. The minimum atomic E-state index is -3.17. The second kappa shape index (κ2) is 7.40. The Balaban J connectivity index is 2.06. The minimum Gasteiger partial charge on any atom is -0.496 e. The monoisotopic (exact) mass is 356 g/mol. The molecule has 1 heterocycles. The molecule has 1 aliphatic heterocycles. The lowest BCUT2D eigenvalue weighted by Crippen LogP contribution is -2.46. The summed E-state index contributed by atoms with van der Waals surface area (Å²) in [5.74, 6) is 0.960. The predicted octanol–water partition coefficient (Wildman–Crippen LogP) is 1.17. The van der Waals surface area contributed by atoms with E-state index in [0.29, 0.717) is 43.0 Å². The molecular formula is C16H24N2O5S. The molecule has 1 amide bonds. The molecule has 0 radical (unpaired) electrons. The standard InChI is InChI=1S/C16H24N2O5S/c1-11-14(22-2)9-12(10-15(11)23-3)16(19)17-13-5-7-18(8-6-13)24(4,20)21/h9-10,13H,5-8H2,1-4H3,(H,17,19). The molecule has 1 N–H and O–H groups in total. The van der Waals surface area contributed by atoms with E-state index >= 15 is 0 Å². The topological polar surface area (TPSA) is 84.9 Å². The van der Waals surface area contributed by atoms with E-state index < -0.39 is 10.0 Å². The van der Waals surface area contributed by atoms with E-state index in [9.17, 15) is 13.2 Å². The smallest absolute Gasteiger partial charge is 0.251 e. The van der Waals surface area contributed by atoms with Crippen molar-refractivity contribution in [1.82, 2.24) is 9.62 Å². The molecule has 0 saturated carbocycles. The van der Waals surface area contributed by atoms with Crippen LogP contribution < -0.4 is 14.8 Å². The number of benzene rings is 1. The number of sulfonamides is 1. The van der Waals surface area contributed by atoms with Crippen LogP contribution >= 0.6 is 0 Å². The Morgan fingerprint density at radius 1 is 1.17 bits per heavy atom. The van der Waals surface area contributed by atoms with E-state index in [4.69, 9.17) is 9.47 Å². The Labute approximate surface area is 143 Å². The molecule has 0 aromatic heterocycles. The maximum absolute atomic E-state index is 12.5. The third-order valence-corrected chi connectivity index (χ3v) is 5.58. The van der Waals surface area contributed by atoms with Crippen LogP contribution in [0.2, 0.25) is 0 Å². The van der Waals surface area contributed by atoms with Crippen molar-refractivity contribution in [2.45, 2.75) is 25.8 Å². The molecule has 1 aromatic carbocycles. The fraction of sp³-hybridized carbons (Fsp3) is 0.562. The number of piperidine rings is 1. The van der Waals surface area contributed by atoms with Gasteiger partial charge in [0.1, 0.15) is 11.5 Å². The number of carbonyl (C=O) groups is 1. The summed E-state index contributed by atoms with van der Waals surface area (Å²) in [6.07, 6.45) is 2.40. The lowest BCUT2D eigenvalue weighted by atomic mass is 10.0. The van der Waals surface area contributed by atoms with Crippen LogP contribution in [0, 0.1) is 6.92 Å². The van der Waals surface area contributed by atoms with E-state index in [2.05, 4.69) is 5.32 Å². The van der Waals surface area contributed by atoms with E-state index in [1.54, 1.807) is 26.4 Å². The van der Waals surface area contributed by atoms with Gasteiger partial charge in [0, 0.05) is 30.3 Å². The van der Waals surface area contributed by atoms with Crippen molar-refractivity contribution in [3.8, 4) is 11.5 Å². The van der Waals surface area contributed by atoms with Gasteiger partial charge in [-0.2, -0.15) is 0 Å². The minimum absolute atomic E-state index is 0.0474. The number of carbonyl (C=O) groups excluding carboxylic acids is 1. The molecule has 2 rings (SSSR count). The highest BCUT2D eigenvalue weighted by Crippen LogP contribution is 2.29. The van der Waals surface area contributed by atoms with Gasteiger partial charge >= 0.3 is 0 Å². The van der Waals surface area contributed by atoms with Gasteiger partial charge in [0.15, 0.2) is 0 Å². The average Bonchev–Trinajstić information content (AvgIpc) is 2.54. The average molecular weight is 356 g/mol. The molecule has 0 aliphatic carbocycles. The van der Waals surface area contributed by atoms with E-state index in [1.165, 1.54) is 10.6 Å². The molecule has 134 valence electrons. The molecule has 1 aromatic rings. The Kier molecular flexibility index (Phi) is 5.71. The summed E-state index contributed by atoms with van der Waals surface area (Å²) < 4.78 is 35.1.